The minimum Gasteiger partial charge on any atom is -0.465 e. The summed E-state index contributed by atoms with van der Waals surface area (Å²) in [6, 6.07) is 2.80. The van der Waals surface area contributed by atoms with Crippen molar-refractivity contribution in [1.82, 2.24) is 0 Å². The zero-order chi connectivity index (χ0) is 18.2. The first-order chi connectivity index (χ1) is 12.0. The highest BCUT2D eigenvalue weighted by Gasteiger charge is 2.16. The van der Waals surface area contributed by atoms with E-state index < -0.39 is 5.97 Å². The molecule has 0 amide bonds. The molecule has 0 N–H and O–H groups in total. The fraction of sp³-hybridized carbons (Fsp3) is 0.556. The van der Waals surface area contributed by atoms with Gasteiger partial charge in [0.05, 0.1) is 21.7 Å². The number of ether oxygens (including phenoxy) is 2. The van der Waals surface area contributed by atoms with E-state index in [9.17, 15) is 9.59 Å². The van der Waals surface area contributed by atoms with Crippen molar-refractivity contribution in [2.75, 3.05) is 6.61 Å². The SMILES string of the molecule is O=C(CCCC(=O)Oc1cc(Cl)c(Cl)cc1Cl)OCC1CCCCC1. The van der Waals surface area contributed by atoms with Crippen LogP contribution >= 0.6 is 34.8 Å². The maximum atomic E-state index is 11.8. The molecule has 1 fully saturated rings. The summed E-state index contributed by atoms with van der Waals surface area (Å²) in [5.41, 5.74) is 0. The number of benzene rings is 1. The molecule has 0 atom stereocenters. The van der Waals surface area contributed by atoms with Crippen LogP contribution in [0.1, 0.15) is 51.4 Å². The molecule has 0 bridgehead atoms. The van der Waals surface area contributed by atoms with Gasteiger partial charge in [0.1, 0.15) is 0 Å². The molecule has 0 spiro atoms. The van der Waals surface area contributed by atoms with Gasteiger partial charge in [0.15, 0.2) is 5.75 Å². The second-order valence-corrected chi connectivity index (χ2v) is 7.43. The van der Waals surface area contributed by atoms with E-state index in [0.717, 1.165) is 12.8 Å². The number of carbonyl (C=O) groups is 2. The summed E-state index contributed by atoms with van der Waals surface area (Å²) < 4.78 is 10.4. The summed E-state index contributed by atoms with van der Waals surface area (Å²) >= 11 is 17.6. The highest BCUT2D eigenvalue weighted by Crippen LogP contribution is 2.34. The van der Waals surface area contributed by atoms with Crippen molar-refractivity contribution in [3.63, 3.8) is 0 Å². The molecule has 4 nitrogen and oxygen atoms in total. The van der Waals surface area contributed by atoms with Crippen LogP contribution < -0.4 is 4.74 Å². The molecule has 1 aromatic rings. The first-order valence-corrected chi connectivity index (χ1v) is 9.60. The summed E-state index contributed by atoms with van der Waals surface area (Å²) in [5, 5.41) is 0.738. The lowest BCUT2D eigenvalue weighted by Gasteiger charge is -2.20. The van der Waals surface area contributed by atoms with Crippen LogP contribution in [0.3, 0.4) is 0 Å². The van der Waals surface area contributed by atoms with Crippen LogP contribution in [0.25, 0.3) is 0 Å². The standard InChI is InChI=1S/C18H21Cl3O4/c19-13-9-15(21)16(10-14(13)20)25-18(23)8-4-7-17(22)24-11-12-5-2-1-3-6-12/h9-10,12H,1-8,11H2. The first kappa shape index (κ1) is 20.3. The summed E-state index contributed by atoms with van der Waals surface area (Å²) in [6.45, 7) is 0.488. The van der Waals surface area contributed by atoms with E-state index in [1.807, 2.05) is 0 Å². The Bertz CT molecular complexity index is 613. The zero-order valence-electron chi connectivity index (χ0n) is 13.9. The van der Waals surface area contributed by atoms with E-state index in [0.29, 0.717) is 18.9 Å². The predicted octanol–water partition coefficient (Wildman–Crippen LogP) is 5.85. The van der Waals surface area contributed by atoms with Crippen molar-refractivity contribution in [2.24, 2.45) is 5.92 Å². The van der Waals surface area contributed by atoms with Crippen LogP contribution in [0, 0.1) is 5.92 Å². The fourth-order valence-electron chi connectivity index (χ4n) is 2.77. The molecule has 1 aliphatic carbocycles. The van der Waals surface area contributed by atoms with E-state index in [2.05, 4.69) is 0 Å². The molecular weight excluding hydrogens is 387 g/mol. The smallest absolute Gasteiger partial charge is 0.311 e. The minimum atomic E-state index is -0.486. The van der Waals surface area contributed by atoms with Crippen LogP contribution in [-0.2, 0) is 14.3 Å². The van der Waals surface area contributed by atoms with Crippen molar-refractivity contribution in [2.45, 2.75) is 51.4 Å². The van der Waals surface area contributed by atoms with E-state index >= 15 is 0 Å². The van der Waals surface area contributed by atoms with Crippen LogP contribution in [0.2, 0.25) is 15.1 Å². The Morgan fingerprint density at radius 3 is 2.28 bits per heavy atom. The topological polar surface area (TPSA) is 52.6 Å². The van der Waals surface area contributed by atoms with Gasteiger partial charge in [-0.2, -0.15) is 0 Å². The van der Waals surface area contributed by atoms with Gasteiger partial charge >= 0.3 is 11.9 Å². The fourth-order valence-corrected chi connectivity index (χ4v) is 3.35. The second kappa shape index (κ2) is 10.2. The molecule has 0 aliphatic heterocycles. The largest absolute Gasteiger partial charge is 0.465 e. The second-order valence-electron chi connectivity index (χ2n) is 6.21. The number of hydrogen-bond donors (Lipinski definition) is 0. The molecule has 1 aromatic carbocycles. The predicted molar refractivity (Wildman–Crippen MR) is 98.5 cm³/mol. The van der Waals surface area contributed by atoms with Gasteiger partial charge in [-0.1, -0.05) is 54.1 Å². The van der Waals surface area contributed by atoms with E-state index in [4.69, 9.17) is 44.3 Å². The van der Waals surface area contributed by atoms with Crippen molar-refractivity contribution in [3.8, 4) is 5.75 Å². The first-order valence-electron chi connectivity index (χ1n) is 8.46. The van der Waals surface area contributed by atoms with Crippen LogP contribution in [0.15, 0.2) is 12.1 Å². The molecule has 0 radical (unpaired) electrons. The van der Waals surface area contributed by atoms with Crippen LogP contribution in [-0.4, -0.2) is 18.5 Å². The molecule has 2 rings (SSSR count). The Morgan fingerprint density at radius 1 is 0.920 bits per heavy atom. The lowest BCUT2D eigenvalue weighted by atomic mass is 9.90. The molecule has 25 heavy (non-hydrogen) atoms. The third-order valence-corrected chi connectivity index (χ3v) is 5.18. The summed E-state index contributed by atoms with van der Waals surface area (Å²) in [5.74, 6) is -0.119. The number of carbonyl (C=O) groups excluding carboxylic acids is 2. The Morgan fingerprint density at radius 2 is 1.56 bits per heavy atom. The van der Waals surface area contributed by atoms with Crippen molar-refractivity contribution in [1.29, 1.82) is 0 Å². The van der Waals surface area contributed by atoms with Gasteiger partial charge in [-0.25, -0.2) is 0 Å². The van der Waals surface area contributed by atoms with Gasteiger partial charge in [0.2, 0.25) is 0 Å². The van der Waals surface area contributed by atoms with Crippen molar-refractivity contribution in [3.05, 3.63) is 27.2 Å². The van der Waals surface area contributed by atoms with E-state index in [1.165, 1.54) is 31.4 Å². The van der Waals surface area contributed by atoms with Gasteiger partial charge in [0.25, 0.3) is 0 Å². The molecule has 7 heteroatoms. The Kier molecular flexibility index (Phi) is 8.34. The Labute approximate surface area is 162 Å². The van der Waals surface area contributed by atoms with E-state index in [-0.39, 0.29) is 39.6 Å². The molecule has 0 saturated heterocycles. The molecule has 0 heterocycles. The maximum Gasteiger partial charge on any atom is 0.311 e. The number of hydrogen-bond acceptors (Lipinski definition) is 4. The van der Waals surface area contributed by atoms with Gasteiger partial charge in [0, 0.05) is 18.9 Å². The van der Waals surface area contributed by atoms with Gasteiger partial charge in [-0.15, -0.1) is 0 Å². The average molecular weight is 408 g/mol. The Hall–Kier alpha value is -0.970. The molecule has 138 valence electrons. The highest BCUT2D eigenvalue weighted by atomic mass is 35.5. The normalized spacial score (nSPS) is 15.0. The summed E-state index contributed by atoms with van der Waals surface area (Å²) in [6.07, 6.45) is 6.60. The summed E-state index contributed by atoms with van der Waals surface area (Å²) in [7, 11) is 0. The quantitative estimate of drug-likeness (QED) is 0.323. The summed E-state index contributed by atoms with van der Waals surface area (Å²) in [4.78, 5) is 23.6. The number of rotatable bonds is 7. The van der Waals surface area contributed by atoms with E-state index in [1.54, 1.807) is 0 Å². The maximum absolute atomic E-state index is 11.8. The van der Waals surface area contributed by atoms with Crippen LogP contribution in [0.5, 0.6) is 5.75 Å². The number of esters is 2. The molecule has 1 aliphatic rings. The average Bonchev–Trinajstić information content (AvgIpc) is 2.59. The molecule has 1 saturated carbocycles. The minimum absolute atomic E-state index is 0.0924. The van der Waals surface area contributed by atoms with Gasteiger partial charge < -0.3 is 9.47 Å². The van der Waals surface area contributed by atoms with Gasteiger partial charge in [-0.05, 0) is 31.2 Å². The lowest BCUT2D eigenvalue weighted by molar-refractivity contribution is -0.145. The number of halogens is 3. The molecule has 0 aromatic heterocycles. The van der Waals surface area contributed by atoms with Crippen molar-refractivity contribution < 1.29 is 19.1 Å². The van der Waals surface area contributed by atoms with Crippen molar-refractivity contribution >= 4 is 46.7 Å². The monoisotopic (exact) mass is 406 g/mol. The molecular formula is C18H21Cl3O4. The highest BCUT2D eigenvalue weighted by molar-refractivity contribution is 6.43. The van der Waals surface area contributed by atoms with Gasteiger partial charge in [-0.3, -0.25) is 9.59 Å². The third-order valence-electron chi connectivity index (χ3n) is 4.17. The molecule has 0 unspecified atom stereocenters. The zero-order valence-corrected chi connectivity index (χ0v) is 16.1. The Balaban J connectivity index is 1.66. The van der Waals surface area contributed by atoms with Crippen LogP contribution in [0.4, 0.5) is 0 Å². The lowest BCUT2D eigenvalue weighted by Crippen LogP contribution is -2.17. The third kappa shape index (κ3) is 7.04.